The maximum Gasteiger partial charge on any atom is 0.318 e. The molecule has 0 amide bonds. The van der Waals surface area contributed by atoms with E-state index in [4.69, 9.17) is 10.5 Å². The van der Waals surface area contributed by atoms with E-state index in [1.165, 1.54) is 5.56 Å². The minimum absolute atomic E-state index is 0.211. The van der Waals surface area contributed by atoms with Crippen molar-refractivity contribution in [2.75, 3.05) is 6.61 Å². The molecule has 0 heterocycles. The topological polar surface area (TPSA) is 52.3 Å². The number of nitrogens with two attached hydrogens (primary N) is 1. The van der Waals surface area contributed by atoms with E-state index in [0.29, 0.717) is 6.61 Å². The summed E-state index contributed by atoms with van der Waals surface area (Å²) in [5.74, 6) is -0.211. The van der Waals surface area contributed by atoms with Gasteiger partial charge in [-0.1, -0.05) is 67.6 Å². The lowest BCUT2D eigenvalue weighted by molar-refractivity contribution is -0.147. The van der Waals surface area contributed by atoms with E-state index in [9.17, 15) is 4.79 Å². The fourth-order valence-electron chi connectivity index (χ4n) is 3.92. The third-order valence-corrected chi connectivity index (χ3v) is 5.21. The molecule has 1 aliphatic rings. The smallest absolute Gasteiger partial charge is 0.318 e. The Morgan fingerprint density at radius 3 is 2.22 bits per heavy atom. The zero-order chi connectivity index (χ0) is 16.5. The van der Waals surface area contributed by atoms with Gasteiger partial charge in [-0.15, -0.1) is 0 Å². The van der Waals surface area contributed by atoms with Crippen molar-refractivity contribution < 1.29 is 9.53 Å². The maximum absolute atomic E-state index is 12.8. The number of rotatable bonds is 5. The van der Waals surface area contributed by atoms with Crippen molar-refractivity contribution in [1.82, 2.24) is 0 Å². The second-order valence-electron chi connectivity index (χ2n) is 6.45. The van der Waals surface area contributed by atoms with Crippen LogP contribution in [-0.2, 0) is 21.4 Å². The van der Waals surface area contributed by atoms with E-state index in [0.717, 1.165) is 12.0 Å². The molecule has 0 spiro atoms. The summed E-state index contributed by atoms with van der Waals surface area (Å²) in [5.41, 5.74) is 7.52. The first-order valence-corrected chi connectivity index (χ1v) is 8.09. The monoisotopic (exact) mass is 309 g/mol. The van der Waals surface area contributed by atoms with Gasteiger partial charge >= 0.3 is 5.97 Å². The fourth-order valence-corrected chi connectivity index (χ4v) is 3.92. The summed E-state index contributed by atoms with van der Waals surface area (Å²) < 4.78 is 5.41. The van der Waals surface area contributed by atoms with Gasteiger partial charge in [0.05, 0.1) is 6.61 Å². The van der Waals surface area contributed by atoms with Crippen LogP contribution < -0.4 is 5.73 Å². The molecule has 0 saturated heterocycles. The third kappa shape index (κ3) is 2.27. The van der Waals surface area contributed by atoms with Gasteiger partial charge in [0.2, 0.25) is 0 Å². The van der Waals surface area contributed by atoms with Crippen molar-refractivity contribution >= 4 is 5.97 Å². The van der Waals surface area contributed by atoms with Crippen molar-refractivity contribution in [3.63, 3.8) is 0 Å². The van der Waals surface area contributed by atoms with Crippen LogP contribution in [-0.4, -0.2) is 18.6 Å². The Balaban J connectivity index is 2.02. The summed E-state index contributed by atoms with van der Waals surface area (Å²) in [6.45, 7) is 4.29. The molecule has 0 aliphatic heterocycles. The van der Waals surface area contributed by atoms with Crippen molar-refractivity contribution in [2.45, 2.75) is 31.7 Å². The molecule has 0 radical (unpaired) electrons. The summed E-state index contributed by atoms with van der Waals surface area (Å²) in [7, 11) is 0. The first-order valence-electron chi connectivity index (χ1n) is 8.09. The number of hydrogen-bond donors (Lipinski definition) is 1. The van der Waals surface area contributed by atoms with Crippen molar-refractivity contribution in [3.05, 3.63) is 71.8 Å². The van der Waals surface area contributed by atoms with Crippen LogP contribution in [0.1, 0.15) is 25.0 Å². The Morgan fingerprint density at radius 1 is 1.09 bits per heavy atom. The van der Waals surface area contributed by atoms with Crippen LogP contribution >= 0.6 is 0 Å². The summed E-state index contributed by atoms with van der Waals surface area (Å²) in [6.07, 6.45) is 0.753. The van der Waals surface area contributed by atoms with E-state index < -0.39 is 5.41 Å². The van der Waals surface area contributed by atoms with Crippen LogP contribution in [0.25, 0.3) is 0 Å². The molecule has 2 aromatic rings. The number of esters is 1. The van der Waals surface area contributed by atoms with Crippen LogP contribution in [0.4, 0.5) is 0 Å². The standard InChI is InChI=1S/C20H23NO2/c1-3-23-18(22)20(16-12-8-5-9-13-16)17(21)19(20,2)14-15-10-6-4-7-11-15/h4-13,17H,3,14,21H2,1-2H3. The van der Waals surface area contributed by atoms with Crippen LogP contribution in [0.2, 0.25) is 0 Å². The molecule has 0 aromatic heterocycles. The highest BCUT2D eigenvalue weighted by Crippen LogP contribution is 2.65. The zero-order valence-electron chi connectivity index (χ0n) is 13.7. The lowest BCUT2D eigenvalue weighted by atomic mass is 9.83. The van der Waals surface area contributed by atoms with Crippen molar-refractivity contribution in [1.29, 1.82) is 0 Å². The molecule has 3 heteroatoms. The first-order chi connectivity index (χ1) is 11.1. The highest BCUT2D eigenvalue weighted by molar-refractivity contribution is 5.91. The molecule has 1 fully saturated rings. The molecule has 3 rings (SSSR count). The summed E-state index contributed by atoms with van der Waals surface area (Å²) in [6, 6.07) is 19.7. The van der Waals surface area contributed by atoms with E-state index in [1.54, 1.807) is 0 Å². The Bertz CT molecular complexity index is 685. The quantitative estimate of drug-likeness (QED) is 0.864. The van der Waals surface area contributed by atoms with Gasteiger partial charge in [-0.05, 0) is 24.5 Å². The molecule has 2 N–H and O–H groups in total. The Morgan fingerprint density at radius 2 is 1.65 bits per heavy atom. The number of benzene rings is 2. The van der Waals surface area contributed by atoms with Crippen LogP contribution in [0.15, 0.2) is 60.7 Å². The van der Waals surface area contributed by atoms with Crippen LogP contribution in [0.5, 0.6) is 0 Å². The molecule has 2 aromatic carbocycles. The number of carbonyl (C=O) groups excluding carboxylic acids is 1. The van der Waals surface area contributed by atoms with Gasteiger partial charge in [0, 0.05) is 11.5 Å². The number of ether oxygens (including phenoxy) is 1. The van der Waals surface area contributed by atoms with Gasteiger partial charge in [0.15, 0.2) is 0 Å². The number of hydrogen-bond acceptors (Lipinski definition) is 3. The lowest BCUT2D eigenvalue weighted by Crippen LogP contribution is -2.32. The minimum atomic E-state index is -0.764. The normalized spacial score (nSPS) is 29.1. The molecule has 0 bridgehead atoms. The van der Waals surface area contributed by atoms with E-state index in [2.05, 4.69) is 19.1 Å². The molecular formula is C20H23NO2. The predicted molar refractivity (Wildman–Crippen MR) is 91.0 cm³/mol. The molecule has 1 aliphatic carbocycles. The second kappa shape index (κ2) is 5.82. The van der Waals surface area contributed by atoms with Gasteiger partial charge in [-0.3, -0.25) is 4.79 Å². The van der Waals surface area contributed by atoms with E-state index in [1.807, 2.05) is 55.5 Å². The Kier molecular flexibility index (Phi) is 3.99. The van der Waals surface area contributed by atoms with Gasteiger partial charge in [-0.2, -0.15) is 0 Å². The van der Waals surface area contributed by atoms with E-state index in [-0.39, 0.29) is 17.4 Å². The highest BCUT2D eigenvalue weighted by Gasteiger charge is 2.77. The van der Waals surface area contributed by atoms with Crippen LogP contribution in [0.3, 0.4) is 0 Å². The SMILES string of the molecule is CCOC(=O)C1(c2ccccc2)C(N)C1(C)Cc1ccccc1. The molecule has 23 heavy (non-hydrogen) atoms. The molecule has 3 nitrogen and oxygen atoms in total. The maximum atomic E-state index is 12.8. The molecule has 3 unspecified atom stereocenters. The van der Waals surface area contributed by atoms with Crippen molar-refractivity contribution in [3.8, 4) is 0 Å². The average Bonchev–Trinajstić information content (AvgIpc) is 3.05. The van der Waals surface area contributed by atoms with Crippen molar-refractivity contribution in [2.24, 2.45) is 11.1 Å². The van der Waals surface area contributed by atoms with Crippen LogP contribution in [0, 0.1) is 5.41 Å². The molecule has 1 saturated carbocycles. The second-order valence-corrected chi connectivity index (χ2v) is 6.45. The Hall–Kier alpha value is -2.13. The van der Waals surface area contributed by atoms with Gasteiger partial charge in [0.25, 0.3) is 0 Å². The predicted octanol–water partition coefficient (Wildman–Crippen LogP) is 3.08. The summed E-state index contributed by atoms with van der Waals surface area (Å²) in [5, 5.41) is 0. The number of carbonyl (C=O) groups is 1. The van der Waals surface area contributed by atoms with Gasteiger partial charge in [-0.25, -0.2) is 0 Å². The molecule has 3 atom stereocenters. The Labute approximate surface area is 137 Å². The largest absolute Gasteiger partial charge is 0.465 e. The third-order valence-electron chi connectivity index (χ3n) is 5.21. The highest BCUT2D eigenvalue weighted by atomic mass is 16.5. The minimum Gasteiger partial charge on any atom is -0.465 e. The first kappa shape index (κ1) is 15.8. The van der Waals surface area contributed by atoms with Gasteiger partial charge in [0.1, 0.15) is 5.41 Å². The molecule has 120 valence electrons. The van der Waals surface area contributed by atoms with E-state index >= 15 is 0 Å². The molecular weight excluding hydrogens is 286 g/mol. The van der Waals surface area contributed by atoms with Gasteiger partial charge < -0.3 is 10.5 Å². The summed E-state index contributed by atoms with van der Waals surface area (Å²) in [4.78, 5) is 12.8. The zero-order valence-corrected chi connectivity index (χ0v) is 13.7. The lowest BCUT2D eigenvalue weighted by Gasteiger charge is -2.21. The summed E-state index contributed by atoms with van der Waals surface area (Å²) >= 11 is 0. The average molecular weight is 309 g/mol. The fraction of sp³-hybridized carbons (Fsp3) is 0.350.